The third-order valence-corrected chi connectivity index (χ3v) is 4.31. The molecule has 0 fully saturated rings. The van der Waals surface area contributed by atoms with E-state index in [1.165, 1.54) is 5.56 Å². The standard InChI is InChI=1S/C16H19F3N4S/c1-11-5-3-4-6-12(11)9-22-15(20-2)21-8-7-14-23-13(10-24-14)16(17,18)19/h3-6,10H,7-9H2,1-2H3,(H2,20,21,22). The first kappa shape index (κ1) is 18.3. The number of hydrogen-bond donors (Lipinski definition) is 2. The van der Waals surface area contributed by atoms with E-state index in [0.29, 0.717) is 30.5 Å². The van der Waals surface area contributed by atoms with Crippen molar-refractivity contribution in [2.24, 2.45) is 4.99 Å². The molecule has 0 aliphatic heterocycles. The maximum atomic E-state index is 12.5. The predicted octanol–water partition coefficient (Wildman–Crippen LogP) is 3.38. The number of aryl methyl sites for hydroxylation is 1. The molecule has 130 valence electrons. The van der Waals surface area contributed by atoms with E-state index in [1.807, 2.05) is 31.2 Å². The average molecular weight is 356 g/mol. The number of rotatable bonds is 5. The Labute approximate surface area is 142 Å². The number of aliphatic imine (C=N–C) groups is 1. The van der Waals surface area contributed by atoms with Crippen molar-refractivity contribution in [1.82, 2.24) is 15.6 Å². The Morgan fingerprint density at radius 3 is 2.62 bits per heavy atom. The third-order valence-electron chi connectivity index (χ3n) is 3.40. The molecule has 4 nitrogen and oxygen atoms in total. The quantitative estimate of drug-likeness (QED) is 0.638. The molecular formula is C16H19F3N4S. The zero-order chi connectivity index (χ0) is 17.6. The van der Waals surface area contributed by atoms with Gasteiger partial charge in [0, 0.05) is 31.9 Å². The summed E-state index contributed by atoms with van der Waals surface area (Å²) in [5, 5.41) is 7.75. The van der Waals surface area contributed by atoms with E-state index < -0.39 is 11.9 Å². The molecule has 0 unspecified atom stereocenters. The van der Waals surface area contributed by atoms with Gasteiger partial charge in [0.15, 0.2) is 11.7 Å². The van der Waals surface area contributed by atoms with E-state index in [2.05, 4.69) is 20.6 Å². The molecule has 0 atom stereocenters. The van der Waals surface area contributed by atoms with Crippen LogP contribution in [0.1, 0.15) is 21.8 Å². The fraction of sp³-hybridized carbons (Fsp3) is 0.375. The SMILES string of the molecule is CN=C(NCCc1nc(C(F)(F)F)cs1)NCc1ccccc1C. The maximum Gasteiger partial charge on any atom is 0.434 e. The lowest BCUT2D eigenvalue weighted by atomic mass is 10.1. The van der Waals surface area contributed by atoms with Crippen LogP contribution in [-0.4, -0.2) is 24.5 Å². The third kappa shape index (κ3) is 5.23. The maximum absolute atomic E-state index is 12.5. The van der Waals surface area contributed by atoms with E-state index in [1.54, 1.807) is 7.05 Å². The Morgan fingerprint density at radius 1 is 1.25 bits per heavy atom. The Hall–Kier alpha value is -2.09. The molecule has 2 N–H and O–H groups in total. The van der Waals surface area contributed by atoms with Crippen LogP contribution in [-0.2, 0) is 19.1 Å². The largest absolute Gasteiger partial charge is 0.434 e. The van der Waals surface area contributed by atoms with Crippen molar-refractivity contribution in [3.05, 3.63) is 51.5 Å². The number of nitrogens with one attached hydrogen (secondary N) is 2. The summed E-state index contributed by atoms with van der Waals surface area (Å²) < 4.78 is 37.5. The zero-order valence-corrected chi connectivity index (χ0v) is 14.3. The van der Waals surface area contributed by atoms with E-state index in [9.17, 15) is 13.2 Å². The number of halogens is 3. The monoisotopic (exact) mass is 356 g/mol. The minimum atomic E-state index is -4.38. The molecule has 0 bridgehead atoms. The van der Waals surface area contributed by atoms with Crippen LogP contribution in [0.3, 0.4) is 0 Å². The molecule has 1 aromatic carbocycles. The second-order valence-electron chi connectivity index (χ2n) is 5.15. The van der Waals surface area contributed by atoms with Crippen LogP contribution in [0.4, 0.5) is 13.2 Å². The molecule has 24 heavy (non-hydrogen) atoms. The van der Waals surface area contributed by atoms with Crippen LogP contribution in [0.15, 0.2) is 34.6 Å². The summed E-state index contributed by atoms with van der Waals surface area (Å²) in [5.41, 5.74) is 1.52. The van der Waals surface area contributed by atoms with Crippen LogP contribution in [0.5, 0.6) is 0 Å². The fourth-order valence-corrected chi connectivity index (χ4v) is 2.86. The molecule has 1 heterocycles. The van der Waals surface area contributed by atoms with Crippen LogP contribution < -0.4 is 10.6 Å². The van der Waals surface area contributed by atoms with Gasteiger partial charge < -0.3 is 10.6 Å². The molecule has 0 amide bonds. The first-order valence-electron chi connectivity index (χ1n) is 7.41. The summed E-state index contributed by atoms with van der Waals surface area (Å²) >= 11 is 1.02. The Balaban J connectivity index is 1.80. The highest BCUT2D eigenvalue weighted by molar-refractivity contribution is 7.09. The molecule has 0 radical (unpaired) electrons. The number of alkyl halides is 3. The van der Waals surface area contributed by atoms with Crippen molar-refractivity contribution < 1.29 is 13.2 Å². The zero-order valence-electron chi connectivity index (χ0n) is 13.4. The van der Waals surface area contributed by atoms with E-state index >= 15 is 0 Å². The van der Waals surface area contributed by atoms with Crippen molar-refractivity contribution in [3.63, 3.8) is 0 Å². The number of hydrogen-bond acceptors (Lipinski definition) is 3. The van der Waals surface area contributed by atoms with Gasteiger partial charge in [0.25, 0.3) is 0 Å². The summed E-state index contributed by atoms with van der Waals surface area (Å²) in [6.07, 6.45) is -3.97. The van der Waals surface area contributed by atoms with Gasteiger partial charge >= 0.3 is 6.18 Å². The van der Waals surface area contributed by atoms with Gasteiger partial charge in [-0.15, -0.1) is 11.3 Å². The van der Waals surface area contributed by atoms with Crippen molar-refractivity contribution >= 4 is 17.3 Å². The molecule has 1 aromatic heterocycles. The molecule has 0 spiro atoms. The number of guanidine groups is 1. The normalized spacial score (nSPS) is 12.3. The summed E-state index contributed by atoms with van der Waals surface area (Å²) in [5.74, 6) is 0.603. The lowest BCUT2D eigenvalue weighted by Gasteiger charge is -2.12. The number of nitrogens with zero attached hydrogens (tertiary/aromatic N) is 2. The minimum Gasteiger partial charge on any atom is -0.356 e. The van der Waals surface area contributed by atoms with Crippen LogP contribution >= 0.6 is 11.3 Å². The molecule has 0 saturated heterocycles. The Kier molecular flexibility index (Phi) is 6.19. The first-order chi connectivity index (χ1) is 11.4. The minimum absolute atomic E-state index is 0.409. The molecule has 0 saturated carbocycles. The molecule has 0 aliphatic carbocycles. The molecule has 8 heteroatoms. The number of aromatic nitrogens is 1. The van der Waals surface area contributed by atoms with Crippen molar-refractivity contribution in [2.45, 2.75) is 26.1 Å². The molecule has 2 aromatic rings. The van der Waals surface area contributed by atoms with Gasteiger partial charge in [0.1, 0.15) is 0 Å². The second-order valence-corrected chi connectivity index (χ2v) is 6.10. The van der Waals surface area contributed by atoms with E-state index in [0.717, 1.165) is 22.3 Å². The highest BCUT2D eigenvalue weighted by Gasteiger charge is 2.33. The van der Waals surface area contributed by atoms with Gasteiger partial charge in [-0.25, -0.2) is 4.98 Å². The van der Waals surface area contributed by atoms with Crippen LogP contribution in [0.25, 0.3) is 0 Å². The van der Waals surface area contributed by atoms with E-state index in [-0.39, 0.29) is 0 Å². The number of thiazole rings is 1. The summed E-state index contributed by atoms with van der Waals surface area (Å²) in [6, 6.07) is 8.02. The first-order valence-corrected chi connectivity index (χ1v) is 8.28. The summed E-state index contributed by atoms with van der Waals surface area (Å²) in [7, 11) is 1.65. The van der Waals surface area contributed by atoms with Gasteiger partial charge in [-0.05, 0) is 18.1 Å². The lowest BCUT2D eigenvalue weighted by Crippen LogP contribution is -2.38. The smallest absolute Gasteiger partial charge is 0.356 e. The van der Waals surface area contributed by atoms with Crippen LogP contribution in [0.2, 0.25) is 0 Å². The Bertz CT molecular complexity index is 695. The highest BCUT2D eigenvalue weighted by atomic mass is 32.1. The van der Waals surface area contributed by atoms with Gasteiger partial charge in [-0.1, -0.05) is 24.3 Å². The van der Waals surface area contributed by atoms with Gasteiger partial charge in [-0.2, -0.15) is 13.2 Å². The topological polar surface area (TPSA) is 49.3 Å². The highest BCUT2D eigenvalue weighted by Crippen LogP contribution is 2.29. The van der Waals surface area contributed by atoms with Gasteiger partial charge in [-0.3, -0.25) is 4.99 Å². The fourth-order valence-electron chi connectivity index (χ4n) is 2.05. The van der Waals surface area contributed by atoms with Crippen LogP contribution in [0, 0.1) is 6.92 Å². The molecular weight excluding hydrogens is 337 g/mol. The lowest BCUT2D eigenvalue weighted by molar-refractivity contribution is -0.140. The van der Waals surface area contributed by atoms with Gasteiger partial charge in [0.2, 0.25) is 0 Å². The molecule has 2 rings (SSSR count). The van der Waals surface area contributed by atoms with Crippen molar-refractivity contribution in [2.75, 3.05) is 13.6 Å². The summed E-state index contributed by atoms with van der Waals surface area (Å²) in [6.45, 7) is 3.12. The van der Waals surface area contributed by atoms with Crippen molar-refractivity contribution in [1.29, 1.82) is 0 Å². The Morgan fingerprint density at radius 2 is 2.00 bits per heavy atom. The average Bonchev–Trinajstić information content (AvgIpc) is 3.01. The second kappa shape index (κ2) is 8.14. The number of benzene rings is 1. The van der Waals surface area contributed by atoms with Gasteiger partial charge in [0.05, 0.1) is 5.01 Å². The summed E-state index contributed by atoms with van der Waals surface area (Å²) in [4.78, 5) is 7.71. The van der Waals surface area contributed by atoms with E-state index in [4.69, 9.17) is 0 Å². The molecule has 0 aliphatic rings. The predicted molar refractivity (Wildman–Crippen MR) is 90.2 cm³/mol. The van der Waals surface area contributed by atoms with Crippen molar-refractivity contribution in [3.8, 4) is 0 Å².